The number of aryl methyl sites for hydroxylation is 2. The zero-order valence-corrected chi connectivity index (χ0v) is 16.9. The molecule has 0 saturated heterocycles. The molecule has 0 amide bonds. The lowest BCUT2D eigenvalue weighted by Gasteiger charge is -2.11. The molecular formula is C21H22N4O2S. The van der Waals surface area contributed by atoms with Crippen LogP contribution in [0.3, 0.4) is 0 Å². The maximum atomic E-state index is 5.74. The predicted molar refractivity (Wildman–Crippen MR) is 110 cm³/mol. The van der Waals surface area contributed by atoms with Gasteiger partial charge >= 0.3 is 0 Å². The van der Waals surface area contributed by atoms with Crippen LogP contribution in [0.4, 0.5) is 0 Å². The first-order valence-corrected chi connectivity index (χ1v) is 10.6. The molecule has 0 bridgehead atoms. The largest absolute Gasteiger partial charge is 0.490 e. The van der Waals surface area contributed by atoms with Gasteiger partial charge in [-0.25, -0.2) is 14.5 Å². The summed E-state index contributed by atoms with van der Waals surface area (Å²) in [6.45, 7) is 5.16. The highest BCUT2D eigenvalue weighted by Crippen LogP contribution is 2.38. The van der Waals surface area contributed by atoms with E-state index in [1.165, 1.54) is 22.2 Å². The molecule has 0 radical (unpaired) electrons. The first-order valence-electron chi connectivity index (χ1n) is 9.79. The lowest BCUT2D eigenvalue weighted by molar-refractivity contribution is 0.287. The molecule has 0 spiro atoms. The zero-order chi connectivity index (χ0) is 19.1. The Balaban J connectivity index is 1.52. The molecule has 3 heterocycles. The summed E-state index contributed by atoms with van der Waals surface area (Å²) in [5.74, 6) is 2.33. The molecule has 0 aliphatic heterocycles. The smallest absolute Gasteiger partial charge is 0.167 e. The Morgan fingerprint density at radius 3 is 2.82 bits per heavy atom. The van der Waals surface area contributed by atoms with Gasteiger partial charge in [-0.2, -0.15) is 0 Å². The van der Waals surface area contributed by atoms with E-state index >= 15 is 0 Å². The average Bonchev–Trinajstić information content (AvgIpc) is 3.37. The number of fused-ring (bicyclic) bond motifs is 5. The molecule has 1 aliphatic rings. The summed E-state index contributed by atoms with van der Waals surface area (Å²) in [5.41, 5.74) is 3.45. The van der Waals surface area contributed by atoms with E-state index < -0.39 is 0 Å². The number of rotatable bonds is 6. The van der Waals surface area contributed by atoms with Crippen molar-refractivity contribution in [2.45, 2.75) is 39.5 Å². The van der Waals surface area contributed by atoms with E-state index in [-0.39, 0.29) is 0 Å². The third-order valence-corrected chi connectivity index (χ3v) is 6.26. The molecule has 3 aromatic heterocycles. The number of aromatic nitrogens is 4. The van der Waals surface area contributed by atoms with Crippen molar-refractivity contribution in [3.05, 3.63) is 46.4 Å². The molecule has 5 rings (SSSR count). The highest BCUT2D eigenvalue weighted by molar-refractivity contribution is 7.19. The monoisotopic (exact) mass is 394 g/mol. The first kappa shape index (κ1) is 17.4. The highest BCUT2D eigenvalue weighted by atomic mass is 32.1. The van der Waals surface area contributed by atoms with E-state index in [1.54, 1.807) is 17.7 Å². The second kappa shape index (κ2) is 7.05. The lowest BCUT2D eigenvalue weighted by Crippen LogP contribution is -2.00. The number of thiophene rings is 1. The van der Waals surface area contributed by atoms with Crippen LogP contribution < -0.4 is 9.47 Å². The van der Waals surface area contributed by atoms with Crippen LogP contribution in [0.25, 0.3) is 15.9 Å². The van der Waals surface area contributed by atoms with Gasteiger partial charge in [-0.3, -0.25) is 0 Å². The molecule has 144 valence electrons. The van der Waals surface area contributed by atoms with E-state index in [0.29, 0.717) is 19.6 Å². The Labute approximate surface area is 167 Å². The van der Waals surface area contributed by atoms with Crippen LogP contribution in [0.1, 0.15) is 42.1 Å². The lowest BCUT2D eigenvalue weighted by atomic mass is 10.1. The molecule has 0 saturated carbocycles. The summed E-state index contributed by atoms with van der Waals surface area (Å²) in [6.07, 6.45) is 5.93. The molecular weight excluding hydrogens is 372 g/mol. The average molecular weight is 395 g/mol. The normalized spacial score (nSPS) is 13.4. The van der Waals surface area contributed by atoms with Gasteiger partial charge in [0.1, 0.15) is 11.2 Å². The van der Waals surface area contributed by atoms with Gasteiger partial charge in [-0.1, -0.05) is 6.07 Å². The number of benzene rings is 1. The van der Waals surface area contributed by atoms with Gasteiger partial charge < -0.3 is 9.47 Å². The fourth-order valence-corrected chi connectivity index (χ4v) is 5.12. The number of ether oxygens (including phenoxy) is 2. The van der Waals surface area contributed by atoms with Crippen LogP contribution in [-0.2, 0) is 19.3 Å². The van der Waals surface area contributed by atoms with Crippen molar-refractivity contribution in [1.82, 2.24) is 19.6 Å². The van der Waals surface area contributed by atoms with Gasteiger partial charge in [0.2, 0.25) is 0 Å². The summed E-state index contributed by atoms with van der Waals surface area (Å²) >= 11 is 1.81. The molecule has 4 aromatic rings. The van der Waals surface area contributed by atoms with Crippen LogP contribution >= 0.6 is 11.3 Å². The Morgan fingerprint density at radius 1 is 1.11 bits per heavy atom. The van der Waals surface area contributed by atoms with Crippen LogP contribution in [0.5, 0.6) is 11.5 Å². The van der Waals surface area contributed by atoms with E-state index in [2.05, 4.69) is 16.1 Å². The molecule has 1 aliphatic carbocycles. The Kier molecular flexibility index (Phi) is 4.39. The fourth-order valence-electron chi connectivity index (χ4n) is 3.90. The Bertz CT molecular complexity index is 1160. The van der Waals surface area contributed by atoms with E-state index in [9.17, 15) is 0 Å². The van der Waals surface area contributed by atoms with Crippen molar-refractivity contribution in [2.24, 2.45) is 0 Å². The molecule has 28 heavy (non-hydrogen) atoms. The minimum Gasteiger partial charge on any atom is -0.490 e. The molecule has 6 nitrogen and oxygen atoms in total. The SMILES string of the molecule is CCOc1ccc(Cc2nc3c4c5c(sc4ncn3n2)CCC5)cc1OCC. The van der Waals surface area contributed by atoms with Crippen molar-refractivity contribution >= 4 is 27.2 Å². The first-order chi connectivity index (χ1) is 13.8. The Morgan fingerprint density at radius 2 is 1.96 bits per heavy atom. The summed E-state index contributed by atoms with van der Waals surface area (Å²) in [5, 5.41) is 5.87. The topological polar surface area (TPSA) is 61.5 Å². The van der Waals surface area contributed by atoms with Crippen molar-refractivity contribution in [2.75, 3.05) is 13.2 Å². The van der Waals surface area contributed by atoms with Crippen molar-refractivity contribution in [3.8, 4) is 11.5 Å². The summed E-state index contributed by atoms with van der Waals surface area (Å²) in [7, 11) is 0. The predicted octanol–water partition coefficient (Wildman–Crippen LogP) is 4.22. The van der Waals surface area contributed by atoms with Gasteiger partial charge in [-0.05, 0) is 56.4 Å². The van der Waals surface area contributed by atoms with Crippen LogP contribution in [-0.4, -0.2) is 32.8 Å². The van der Waals surface area contributed by atoms with Gasteiger partial charge in [0.25, 0.3) is 0 Å². The van der Waals surface area contributed by atoms with Gasteiger partial charge in [-0.15, -0.1) is 16.4 Å². The summed E-state index contributed by atoms with van der Waals surface area (Å²) in [4.78, 5) is 12.0. The number of hydrogen-bond acceptors (Lipinski definition) is 6. The molecule has 7 heteroatoms. The summed E-state index contributed by atoms with van der Waals surface area (Å²) < 4.78 is 13.2. The van der Waals surface area contributed by atoms with E-state index in [0.717, 1.165) is 46.2 Å². The van der Waals surface area contributed by atoms with Crippen LogP contribution in [0.15, 0.2) is 24.5 Å². The molecule has 1 aromatic carbocycles. The standard InChI is InChI=1S/C21H22N4O2S/c1-3-26-15-9-8-13(10-16(15)27-4-2)11-18-23-20-19-14-6-5-7-17(14)28-21(19)22-12-25(20)24-18/h8-10,12H,3-7,11H2,1-2H3. The van der Waals surface area contributed by atoms with Gasteiger partial charge in [0.15, 0.2) is 23.0 Å². The minimum absolute atomic E-state index is 0.600. The molecule has 0 fully saturated rings. The Hall–Kier alpha value is -2.67. The summed E-state index contributed by atoms with van der Waals surface area (Å²) in [6, 6.07) is 6.04. The van der Waals surface area contributed by atoms with Crippen LogP contribution in [0, 0.1) is 0 Å². The number of hydrogen-bond donors (Lipinski definition) is 0. The third-order valence-electron chi connectivity index (χ3n) is 5.06. The van der Waals surface area contributed by atoms with E-state index in [1.807, 2.05) is 30.5 Å². The fraction of sp³-hybridized carbons (Fsp3) is 0.381. The highest BCUT2D eigenvalue weighted by Gasteiger charge is 2.22. The third kappa shape index (κ3) is 2.90. The number of nitrogens with zero attached hydrogens (tertiary/aromatic N) is 4. The van der Waals surface area contributed by atoms with Crippen molar-refractivity contribution in [1.29, 1.82) is 0 Å². The van der Waals surface area contributed by atoms with E-state index in [4.69, 9.17) is 14.5 Å². The zero-order valence-electron chi connectivity index (χ0n) is 16.1. The quantitative estimate of drug-likeness (QED) is 0.490. The minimum atomic E-state index is 0.600. The molecule has 0 unspecified atom stereocenters. The van der Waals surface area contributed by atoms with Crippen molar-refractivity contribution < 1.29 is 9.47 Å². The van der Waals surface area contributed by atoms with Crippen molar-refractivity contribution in [3.63, 3.8) is 0 Å². The van der Waals surface area contributed by atoms with Gasteiger partial charge in [0, 0.05) is 11.3 Å². The molecule has 0 N–H and O–H groups in total. The second-order valence-electron chi connectivity index (χ2n) is 6.90. The maximum Gasteiger partial charge on any atom is 0.167 e. The molecule has 0 atom stereocenters. The van der Waals surface area contributed by atoms with Gasteiger partial charge in [0.05, 0.1) is 18.6 Å². The maximum absolute atomic E-state index is 5.74. The second-order valence-corrected chi connectivity index (χ2v) is 7.99. The van der Waals surface area contributed by atoms with Crippen LogP contribution in [0.2, 0.25) is 0 Å².